The quantitative estimate of drug-likeness (QED) is 0.122. The highest BCUT2D eigenvalue weighted by molar-refractivity contribution is 6.13. The van der Waals surface area contributed by atoms with Gasteiger partial charge in [0.1, 0.15) is 23.0 Å². The van der Waals surface area contributed by atoms with Crippen molar-refractivity contribution in [2.45, 2.75) is 0 Å². The Hall–Kier alpha value is -10.3. The van der Waals surface area contributed by atoms with Gasteiger partial charge < -0.3 is 28.1 Å². The molecule has 0 N–H and O–H groups in total. The van der Waals surface area contributed by atoms with Gasteiger partial charge in [0, 0.05) is 32.9 Å². The van der Waals surface area contributed by atoms with Crippen molar-refractivity contribution < 1.29 is 18.9 Å². The van der Waals surface area contributed by atoms with Gasteiger partial charge in [-0.25, -0.2) is 0 Å². The maximum Gasteiger partial charge on any atom is 0.118 e. The molecule has 374 valence electrons. The maximum absolute atomic E-state index is 10.4. The molecule has 0 aliphatic carbocycles. The SMILES string of the molecule is COc1ccc(-c2ccc3c(c2)c2cc(-c4ccc(OC)cc4)ccc2n3-c2ccc(-c3cc(C#N)cc(-c4ccc(-n5c6ccc(-c7ccc(OC)cc7)cc6c6cc(-c7ccc(OC)cc7)ccc65)cc4)c3)cc2)cc1. The molecule has 13 rings (SSSR count). The van der Waals surface area contributed by atoms with Crippen molar-refractivity contribution in [3.8, 4) is 107 Å². The van der Waals surface area contributed by atoms with Crippen LogP contribution in [-0.4, -0.2) is 37.6 Å². The molecule has 0 bridgehead atoms. The lowest BCUT2D eigenvalue weighted by Gasteiger charge is -2.12. The summed E-state index contributed by atoms with van der Waals surface area (Å²) in [6.45, 7) is 0. The zero-order valence-electron chi connectivity index (χ0n) is 43.5. The van der Waals surface area contributed by atoms with E-state index in [1.807, 2.05) is 60.7 Å². The number of benzene rings is 11. The van der Waals surface area contributed by atoms with Crippen molar-refractivity contribution in [2.75, 3.05) is 28.4 Å². The van der Waals surface area contributed by atoms with E-state index in [0.717, 1.165) is 145 Å². The van der Waals surface area contributed by atoms with Gasteiger partial charge in [0.25, 0.3) is 0 Å². The molecular formula is C71H51N3O4. The van der Waals surface area contributed by atoms with E-state index in [1.54, 1.807) is 28.4 Å². The minimum Gasteiger partial charge on any atom is -0.497 e. The van der Waals surface area contributed by atoms with Crippen molar-refractivity contribution in [1.29, 1.82) is 5.26 Å². The molecule has 0 amide bonds. The number of aromatic nitrogens is 2. The van der Waals surface area contributed by atoms with Gasteiger partial charge in [0.15, 0.2) is 0 Å². The van der Waals surface area contributed by atoms with Crippen molar-refractivity contribution in [3.63, 3.8) is 0 Å². The summed E-state index contributed by atoms with van der Waals surface area (Å²) in [7, 11) is 6.76. The van der Waals surface area contributed by atoms with E-state index in [0.29, 0.717) is 5.56 Å². The minimum absolute atomic E-state index is 0.598. The van der Waals surface area contributed by atoms with Crippen LogP contribution >= 0.6 is 0 Å². The van der Waals surface area contributed by atoms with Crippen LogP contribution in [0.1, 0.15) is 5.56 Å². The standard InChI is InChI=1S/C71H51N3O4/c1-75-60-25-9-46(10-26-60)52-17-33-68-64(40-52)65-41-53(47-11-27-61(76-2)28-12-47)18-34-69(65)73(68)58-21-5-50(6-22-58)56-37-45(44-72)38-57(39-56)51-7-23-59(24-8-51)74-70-35-19-54(48-13-29-62(77-3)30-14-48)42-66(70)67-43-55(20-36-71(67)74)49-15-31-63(78-4)32-16-49/h5-43H,1-4H3. The zero-order chi connectivity index (χ0) is 52.9. The lowest BCUT2D eigenvalue weighted by atomic mass is 9.96. The van der Waals surface area contributed by atoms with Crippen LogP contribution in [-0.2, 0) is 0 Å². The molecule has 0 unspecified atom stereocenters. The van der Waals surface area contributed by atoms with Crippen molar-refractivity contribution in [2.24, 2.45) is 0 Å². The van der Waals surface area contributed by atoms with Gasteiger partial charge in [-0.3, -0.25) is 0 Å². The number of hydrogen-bond acceptors (Lipinski definition) is 5. The molecule has 78 heavy (non-hydrogen) atoms. The Morgan fingerprint density at radius 3 is 0.731 bits per heavy atom. The predicted molar refractivity (Wildman–Crippen MR) is 319 cm³/mol. The summed E-state index contributed by atoms with van der Waals surface area (Å²) in [5.41, 5.74) is 20.1. The summed E-state index contributed by atoms with van der Waals surface area (Å²) in [6.07, 6.45) is 0. The van der Waals surface area contributed by atoms with E-state index < -0.39 is 0 Å². The van der Waals surface area contributed by atoms with Crippen LogP contribution in [0.25, 0.3) is 122 Å². The molecule has 11 aromatic carbocycles. The maximum atomic E-state index is 10.4. The Bertz CT molecular complexity index is 3950. The average molecular weight is 1010 g/mol. The van der Waals surface area contributed by atoms with Gasteiger partial charge in [-0.2, -0.15) is 5.26 Å². The Kier molecular flexibility index (Phi) is 12.0. The second kappa shape index (κ2) is 19.8. The second-order valence-electron chi connectivity index (χ2n) is 19.5. The van der Waals surface area contributed by atoms with Crippen LogP contribution in [0.4, 0.5) is 0 Å². The molecule has 0 saturated carbocycles. The number of nitrogens with zero attached hydrogens (tertiary/aromatic N) is 3. The van der Waals surface area contributed by atoms with Crippen LogP contribution in [0.15, 0.2) is 237 Å². The van der Waals surface area contributed by atoms with E-state index in [4.69, 9.17) is 18.9 Å². The van der Waals surface area contributed by atoms with E-state index >= 15 is 0 Å². The number of ether oxygens (including phenoxy) is 4. The first-order chi connectivity index (χ1) is 38.4. The van der Waals surface area contributed by atoms with E-state index in [-0.39, 0.29) is 0 Å². The number of fused-ring (bicyclic) bond motifs is 6. The van der Waals surface area contributed by atoms with Crippen molar-refractivity contribution >= 4 is 43.6 Å². The summed E-state index contributed by atoms with van der Waals surface area (Å²) in [4.78, 5) is 0. The van der Waals surface area contributed by atoms with Gasteiger partial charge in [-0.05, 0) is 206 Å². The predicted octanol–water partition coefficient (Wildman–Crippen LogP) is 17.8. The molecule has 0 aliphatic heterocycles. The summed E-state index contributed by atoms with van der Waals surface area (Å²) in [5, 5.41) is 15.0. The summed E-state index contributed by atoms with van der Waals surface area (Å²) >= 11 is 0. The van der Waals surface area contributed by atoms with Crippen molar-refractivity contribution in [3.05, 3.63) is 242 Å². The topological polar surface area (TPSA) is 70.6 Å². The molecule has 7 nitrogen and oxygen atoms in total. The van der Waals surface area contributed by atoms with Gasteiger partial charge in [0.05, 0.1) is 62.1 Å². The highest BCUT2D eigenvalue weighted by Crippen LogP contribution is 2.41. The molecule has 13 aromatic rings. The number of rotatable bonds is 12. The number of hydrogen-bond donors (Lipinski definition) is 0. The van der Waals surface area contributed by atoms with Crippen molar-refractivity contribution in [1.82, 2.24) is 9.13 Å². The highest BCUT2D eigenvalue weighted by Gasteiger charge is 2.18. The average Bonchev–Trinajstić information content (AvgIpc) is 4.21. The first-order valence-corrected chi connectivity index (χ1v) is 25.9. The van der Waals surface area contributed by atoms with Gasteiger partial charge in [-0.1, -0.05) is 97.1 Å². The fraction of sp³-hybridized carbons (Fsp3) is 0.0563. The first kappa shape index (κ1) is 47.4. The normalized spacial score (nSPS) is 11.3. The summed E-state index contributed by atoms with van der Waals surface area (Å²) in [5.74, 6) is 3.30. The fourth-order valence-corrected chi connectivity index (χ4v) is 11.1. The van der Waals surface area contributed by atoms with Crippen LogP contribution in [0.2, 0.25) is 0 Å². The lowest BCUT2D eigenvalue weighted by Crippen LogP contribution is -1.95. The Morgan fingerprint density at radius 1 is 0.256 bits per heavy atom. The lowest BCUT2D eigenvalue weighted by molar-refractivity contribution is 0.415. The van der Waals surface area contributed by atoms with E-state index in [9.17, 15) is 5.26 Å². The third-order valence-electron chi connectivity index (χ3n) is 15.2. The van der Waals surface area contributed by atoms with Crippen LogP contribution in [0, 0.1) is 11.3 Å². The molecule has 0 saturated heterocycles. The first-order valence-electron chi connectivity index (χ1n) is 25.9. The van der Waals surface area contributed by atoms with Gasteiger partial charge in [-0.15, -0.1) is 0 Å². The summed E-state index contributed by atoms with van der Waals surface area (Å²) in [6, 6.07) is 85.7. The summed E-state index contributed by atoms with van der Waals surface area (Å²) < 4.78 is 26.6. The van der Waals surface area contributed by atoms with Crippen LogP contribution in [0.5, 0.6) is 23.0 Å². The monoisotopic (exact) mass is 1010 g/mol. The third-order valence-corrected chi connectivity index (χ3v) is 15.2. The van der Waals surface area contributed by atoms with E-state index in [2.05, 4.69) is 191 Å². The molecule has 7 heteroatoms. The number of methoxy groups -OCH3 is 4. The minimum atomic E-state index is 0.598. The number of nitriles is 1. The second-order valence-corrected chi connectivity index (χ2v) is 19.5. The smallest absolute Gasteiger partial charge is 0.118 e. The Balaban J connectivity index is 0.855. The molecule has 2 aromatic heterocycles. The molecule has 0 fully saturated rings. The molecule has 2 heterocycles. The van der Waals surface area contributed by atoms with Crippen LogP contribution in [0.3, 0.4) is 0 Å². The Labute approximate surface area is 452 Å². The highest BCUT2D eigenvalue weighted by atomic mass is 16.5. The molecule has 0 radical (unpaired) electrons. The molecule has 0 atom stereocenters. The third kappa shape index (κ3) is 8.52. The van der Waals surface area contributed by atoms with Crippen LogP contribution < -0.4 is 18.9 Å². The Morgan fingerprint density at radius 2 is 0.487 bits per heavy atom. The largest absolute Gasteiger partial charge is 0.497 e. The van der Waals surface area contributed by atoms with E-state index in [1.165, 1.54) is 0 Å². The molecular weight excluding hydrogens is 959 g/mol. The molecule has 0 aliphatic rings. The van der Waals surface area contributed by atoms with Gasteiger partial charge in [0.2, 0.25) is 0 Å². The molecule has 0 spiro atoms. The fourth-order valence-electron chi connectivity index (χ4n) is 11.1. The van der Waals surface area contributed by atoms with Gasteiger partial charge >= 0.3 is 0 Å². The zero-order valence-corrected chi connectivity index (χ0v) is 43.5.